The van der Waals surface area contributed by atoms with Crippen molar-refractivity contribution in [1.82, 2.24) is 0 Å². The van der Waals surface area contributed by atoms with Crippen molar-refractivity contribution in [3.8, 4) is 0 Å². The Bertz CT molecular complexity index is 1130. The second-order valence-corrected chi connectivity index (χ2v) is 9.38. The first-order valence-corrected chi connectivity index (χ1v) is 11.7. The van der Waals surface area contributed by atoms with Gasteiger partial charge in [0.25, 0.3) is 0 Å². The van der Waals surface area contributed by atoms with E-state index in [-0.39, 0.29) is 24.8 Å². The summed E-state index contributed by atoms with van der Waals surface area (Å²) in [6.07, 6.45) is 7.32. The molecule has 0 atom stereocenters. The van der Waals surface area contributed by atoms with Crippen molar-refractivity contribution in [2.24, 2.45) is 0 Å². The number of halogens is 2. The average Bonchev–Trinajstić information content (AvgIpc) is 3.40. The molecule has 5 aromatic carbocycles. The van der Waals surface area contributed by atoms with Crippen LogP contribution >= 0.6 is 0 Å². The molecule has 3 heteroatoms. The zero-order chi connectivity index (χ0) is 19.9. The van der Waals surface area contributed by atoms with Crippen molar-refractivity contribution in [2.45, 2.75) is 32.1 Å². The monoisotopic (exact) mass is 522 g/mol. The van der Waals surface area contributed by atoms with E-state index in [1.54, 1.807) is 27.4 Å². The first kappa shape index (κ1) is 25.7. The molecule has 0 radical (unpaired) electrons. The van der Waals surface area contributed by atoms with Gasteiger partial charge in [-0.3, -0.25) is 0 Å². The Labute approximate surface area is 212 Å². The molecule has 6 rings (SSSR count). The average molecular weight is 525 g/mol. The second kappa shape index (κ2) is 13.1. The third-order valence-corrected chi connectivity index (χ3v) is 6.76. The molecular weight excluding hydrogens is 498 g/mol. The smallest absolute Gasteiger partial charge is 0.0771 e. The van der Waals surface area contributed by atoms with Crippen molar-refractivity contribution in [2.75, 3.05) is 0 Å². The Kier molecular flexibility index (Phi) is 10.9. The van der Waals surface area contributed by atoms with E-state index >= 15 is 0 Å². The van der Waals surface area contributed by atoms with E-state index in [1.807, 2.05) is 0 Å². The fraction of sp³-hybridized carbons (Fsp3) is 0.179. The van der Waals surface area contributed by atoms with Gasteiger partial charge in [0.05, 0.1) is 0 Å². The molecule has 0 aromatic heterocycles. The maximum absolute atomic E-state index is 2.24. The third kappa shape index (κ3) is 6.98. The van der Waals surface area contributed by atoms with E-state index in [9.17, 15) is 0 Å². The third-order valence-electron chi connectivity index (χ3n) is 5.53. The summed E-state index contributed by atoms with van der Waals surface area (Å²) < 4.78 is 1.80. The predicted octanol–water partition coefficient (Wildman–Crippen LogP) is 1.95. The topological polar surface area (TPSA) is 0 Å². The number of rotatable bonds is 0. The summed E-state index contributed by atoms with van der Waals surface area (Å²) in [6, 6.07) is 33.9. The van der Waals surface area contributed by atoms with Gasteiger partial charge in [-0.05, 0) is 0 Å². The molecule has 0 N–H and O–H groups in total. The normalized spacial score (nSPS) is 12.8. The van der Waals surface area contributed by atoms with E-state index in [0.717, 1.165) is 0 Å². The van der Waals surface area contributed by atoms with E-state index in [1.165, 1.54) is 64.4 Å². The van der Waals surface area contributed by atoms with Crippen molar-refractivity contribution in [3.05, 3.63) is 97.1 Å². The molecule has 5 aromatic rings. The first-order valence-electron chi connectivity index (χ1n) is 10.5. The van der Waals surface area contributed by atoms with Crippen LogP contribution in [0.1, 0.15) is 32.1 Å². The largest absolute Gasteiger partial charge is 0.168 e. The zero-order valence-electron chi connectivity index (χ0n) is 17.5. The van der Waals surface area contributed by atoms with Crippen LogP contribution in [0.25, 0.3) is 32.3 Å². The Morgan fingerprint density at radius 1 is 0.581 bits per heavy atom. The molecule has 0 unspecified atom stereocenters. The summed E-state index contributed by atoms with van der Waals surface area (Å²) in [6.45, 7) is 0. The summed E-state index contributed by atoms with van der Waals surface area (Å²) in [5, 5.41) is 8.05. The van der Waals surface area contributed by atoms with Gasteiger partial charge in [0.1, 0.15) is 0 Å². The Morgan fingerprint density at radius 3 is 1.61 bits per heavy atom. The summed E-state index contributed by atoms with van der Waals surface area (Å²) in [4.78, 5) is 0. The fourth-order valence-corrected chi connectivity index (χ4v) is 4.82. The van der Waals surface area contributed by atoms with Crippen molar-refractivity contribution < 1.29 is 49.0 Å². The van der Waals surface area contributed by atoms with Gasteiger partial charge in [-0.25, -0.2) is 0 Å². The Balaban J connectivity index is 0.000000168. The van der Waals surface area contributed by atoms with E-state index < -0.39 is 0 Å². The number of benzene rings is 3. The molecule has 0 spiro atoms. The van der Waals surface area contributed by atoms with Crippen LogP contribution in [0.2, 0.25) is 0 Å². The van der Waals surface area contributed by atoms with Crippen LogP contribution in [0, 0.1) is 0 Å². The molecule has 0 bridgehead atoms. The maximum atomic E-state index is 2.24. The molecule has 1 aliphatic rings. The van der Waals surface area contributed by atoms with Gasteiger partial charge in [-0.2, -0.15) is 17.5 Å². The number of hydrogen-bond acceptors (Lipinski definition) is 0. The van der Waals surface area contributed by atoms with Gasteiger partial charge in [0, 0.05) is 0 Å². The summed E-state index contributed by atoms with van der Waals surface area (Å²) >= 11 is 1.69. The molecular formula is C28H26Cl2Zr-2. The molecule has 1 saturated carbocycles. The quantitative estimate of drug-likeness (QED) is 0.272. The summed E-state index contributed by atoms with van der Waals surface area (Å²) in [7, 11) is 0. The van der Waals surface area contributed by atoms with Crippen LogP contribution in [-0.4, -0.2) is 3.21 Å². The van der Waals surface area contributed by atoms with Crippen LogP contribution in [0.5, 0.6) is 0 Å². The molecule has 0 nitrogen and oxygen atoms in total. The molecule has 0 aliphatic heterocycles. The molecule has 1 fully saturated rings. The van der Waals surface area contributed by atoms with Gasteiger partial charge < -0.3 is 24.8 Å². The summed E-state index contributed by atoms with van der Waals surface area (Å²) in [5.41, 5.74) is 0. The molecule has 1 aliphatic carbocycles. The molecule has 0 amide bonds. The Hall–Kier alpha value is -1.53. The van der Waals surface area contributed by atoms with Gasteiger partial charge in [-0.1, -0.05) is 42.5 Å². The van der Waals surface area contributed by atoms with E-state index in [0.29, 0.717) is 0 Å². The van der Waals surface area contributed by atoms with Crippen LogP contribution < -0.4 is 24.8 Å². The SMILES string of the molecule is [Cl-].[Cl-].[Zr+2]=[C]1CCCCC1.c1ccc2[cH-]ccc2c1.c1ccc2c(c1)[cH-]c1ccccc12. The van der Waals surface area contributed by atoms with Crippen molar-refractivity contribution in [1.29, 1.82) is 0 Å². The van der Waals surface area contributed by atoms with Gasteiger partial charge >= 0.3 is 59.5 Å². The molecule has 31 heavy (non-hydrogen) atoms. The molecule has 158 valence electrons. The van der Waals surface area contributed by atoms with Crippen molar-refractivity contribution in [3.63, 3.8) is 0 Å². The minimum absolute atomic E-state index is 0. The predicted molar refractivity (Wildman–Crippen MR) is 125 cm³/mol. The van der Waals surface area contributed by atoms with Gasteiger partial charge in [-0.15, -0.1) is 69.4 Å². The Morgan fingerprint density at radius 2 is 1.10 bits per heavy atom. The maximum Gasteiger partial charge on any atom is -0.0771 e. The van der Waals surface area contributed by atoms with Crippen LogP contribution in [0.3, 0.4) is 0 Å². The van der Waals surface area contributed by atoms with Gasteiger partial charge in [0.15, 0.2) is 0 Å². The molecule has 0 saturated heterocycles. The van der Waals surface area contributed by atoms with Crippen LogP contribution in [0.15, 0.2) is 97.1 Å². The van der Waals surface area contributed by atoms with E-state index in [2.05, 4.69) is 97.1 Å². The number of hydrogen-bond donors (Lipinski definition) is 0. The van der Waals surface area contributed by atoms with Crippen LogP contribution in [0.4, 0.5) is 0 Å². The molecule has 0 heterocycles. The first-order chi connectivity index (χ1) is 14.3. The van der Waals surface area contributed by atoms with Crippen LogP contribution in [-0.2, 0) is 24.2 Å². The summed E-state index contributed by atoms with van der Waals surface area (Å²) in [5.74, 6) is 0. The standard InChI is InChI=1S/C13H9.C9H7.C6H10.2ClH.Zr/c1-3-7-12-10(5-1)9-11-6-2-4-8-13(11)12;1-2-5-9-7-3-6-8(9)4-1;1-2-4-6-5-3-1;;;/h1-9H;1-7H;1-5H2;2*1H;/q2*-1;;;;+2/p-2. The fourth-order valence-electron chi connectivity index (χ4n) is 3.95. The van der Waals surface area contributed by atoms with Gasteiger partial charge in [0.2, 0.25) is 0 Å². The zero-order valence-corrected chi connectivity index (χ0v) is 21.5. The second-order valence-electron chi connectivity index (χ2n) is 7.64. The minimum Gasteiger partial charge on any atom is -0.168 e. The van der Waals surface area contributed by atoms with Crippen molar-refractivity contribution >= 4 is 35.5 Å². The minimum atomic E-state index is 0. The number of fused-ring (bicyclic) bond motifs is 4. The van der Waals surface area contributed by atoms with E-state index in [4.69, 9.17) is 0 Å².